The van der Waals surface area contributed by atoms with Crippen LogP contribution in [0.2, 0.25) is 0 Å². The maximum absolute atomic E-state index is 10.7. The molecule has 0 amide bonds. The topological polar surface area (TPSA) is 89.4 Å². The molecular formula is C9H12N2O3. The first-order valence-corrected chi connectivity index (χ1v) is 4.29. The molecule has 0 aromatic heterocycles. The average Bonchev–Trinajstić information content (AvgIpc) is 2.15. The van der Waals surface area contributed by atoms with Crippen molar-refractivity contribution >= 4 is 5.69 Å². The summed E-state index contributed by atoms with van der Waals surface area (Å²) in [5, 5.41) is 20.0. The smallest absolute Gasteiger partial charge is 0.315 e. The summed E-state index contributed by atoms with van der Waals surface area (Å²) in [4.78, 5) is 10.0. The molecule has 0 aliphatic rings. The molecule has 5 nitrogen and oxygen atoms in total. The van der Waals surface area contributed by atoms with Gasteiger partial charge in [-0.25, -0.2) is 0 Å². The third-order valence-corrected chi connectivity index (χ3v) is 2.07. The summed E-state index contributed by atoms with van der Waals surface area (Å²) in [6, 6.07) is 3.98. The van der Waals surface area contributed by atoms with Gasteiger partial charge in [0.1, 0.15) is 0 Å². The van der Waals surface area contributed by atoms with E-state index in [-0.39, 0.29) is 11.4 Å². The first kappa shape index (κ1) is 10.5. The molecule has 0 spiro atoms. The number of aromatic hydroxyl groups is 1. The maximum Gasteiger partial charge on any atom is 0.315 e. The Morgan fingerprint density at radius 1 is 1.64 bits per heavy atom. The Hall–Kier alpha value is -1.62. The van der Waals surface area contributed by atoms with E-state index in [0.717, 1.165) is 0 Å². The standard InChI is InChI=1S/C9H12N2O3/c1-2-7(10)6-4-3-5-8(12)9(6)11(13)14/h3-5,7,12H,2,10H2,1H3/t7-/m0/s1. The fraction of sp³-hybridized carbons (Fsp3) is 0.333. The van der Waals surface area contributed by atoms with Gasteiger partial charge in [0.15, 0.2) is 5.75 Å². The molecular weight excluding hydrogens is 184 g/mol. The number of phenolic OH excluding ortho intramolecular Hbond substituents is 1. The highest BCUT2D eigenvalue weighted by Crippen LogP contribution is 2.33. The lowest BCUT2D eigenvalue weighted by atomic mass is 10.0. The number of hydrogen-bond acceptors (Lipinski definition) is 4. The van der Waals surface area contributed by atoms with E-state index in [2.05, 4.69) is 0 Å². The van der Waals surface area contributed by atoms with Crippen LogP contribution in [0.15, 0.2) is 18.2 Å². The summed E-state index contributed by atoms with van der Waals surface area (Å²) in [7, 11) is 0. The molecule has 1 rings (SSSR count). The minimum absolute atomic E-state index is 0.290. The maximum atomic E-state index is 10.7. The second-order valence-corrected chi connectivity index (χ2v) is 2.99. The highest BCUT2D eigenvalue weighted by Gasteiger charge is 2.22. The largest absolute Gasteiger partial charge is 0.502 e. The van der Waals surface area contributed by atoms with Gasteiger partial charge in [-0.1, -0.05) is 19.1 Å². The second-order valence-electron chi connectivity index (χ2n) is 2.99. The number of phenols is 1. The third-order valence-electron chi connectivity index (χ3n) is 2.07. The summed E-state index contributed by atoms with van der Waals surface area (Å²) in [6.45, 7) is 1.83. The van der Waals surface area contributed by atoms with Gasteiger partial charge < -0.3 is 10.8 Å². The van der Waals surface area contributed by atoms with Crippen molar-refractivity contribution in [2.75, 3.05) is 0 Å². The SMILES string of the molecule is CC[C@H](N)c1cccc(O)c1[N+](=O)[O-]. The number of nitrogens with two attached hydrogens (primary N) is 1. The van der Waals surface area contributed by atoms with Gasteiger partial charge in [0.05, 0.1) is 10.5 Å². The predicted molar refractivity (Wildman–Crippen MR) is 52.0 cm³/mol. The van der Waals surface area contributed by atoms with Crippen molar-refractivity contribution < 1.29 is 10.0 Å². The second kappa shape index (κ2) is 4.06. The lowest BCUT2D eigenvalue weighted by Crippen LogP contribution is -2.11. The molecule has 0 saturated carbocycles. The van der Waals surface area contributed by atoms with Crippen molar-refractivity contribution in [2.24, 2.45) is 5.73 Å². The third kappa shape index (κ3) is 1.82. The van der Waals surface area contributed by atoms with Crippen LogP contribution >= 0.6 is 0 Å². The average molecular weight is 196 g/mol. The first-order valence-electron chi connectivity index (χ1n) is 4.29. The lowest BCUT2D eigenvalue weighted by molar-refractivity contribution is -0.386. The van der Waals surface area contributed by atoms with Crippen molar-refractivity contribution in [1.82, 2.24) is 0 Å². The van der Waals surface area contributed by atoms with E-state index in [1.807, 2.05) is 6.92 Å². The Morgan fingerprint density at radius 3 is 2.79 bits per heavy atom. The minimum atomic E-state index is -0.611. The summed E-state index contributed by atoms with van der Waals surface area (Å²) >= 11 is 0. The Kier molecular flexibility index (Phi) is 3.03. The number of nitro groups is 1. The Bertz CT molecular complexity index is 352. The normalized spacial score (nSPS) is 12.4. The number of nitrogens with zero attached hydrogens (tertiary/aromatic N) is 1. The first-order chi connectivity index (χ1) is 6.57. The Morgan fingerprint density at radius 2 is 2.29 bits per heavy atom. The van der Waals surface area contributed by atoms with Crippen LogP contribution in [-0.2, 0) is 0 Å². The van der Waals surface area contributed by atoms with E-state index in [1.165, 1.54) is 6.07 Å². The van der Waals surface area contributed by atoms with Crippen LogP contribution in [-0.4, -0.2) is 10.0 Å². The quantitative estimate of drug-likeness (QED) is 0.568. The molecule has 0 bridgehead atoms. The zero-order chi connectivity index (χ0) is 10.7. The zero-order valence-electron chi connectivity index (χ0n) is 7.80. The highest BCUT2D eigenvalue weighted by molar-refractivity contribution is 5.53. The van der Waals surface area contributed by atoms with Crippen LogP contribution in [0, 0.1) is 10.1 Å². The summed E-state index contributed by atoms with van der Waals surface area (Å²) < 4.78 is 0. The summed E-state index contributed by atoms with van der Waals surface area (Å²) in [6.07, 6.45) is 0.588. The van der Waals surface area contributed by atoms with Crippen molar-refractivity contribution in [3.63, 3.8) is 0 Å². The molecule has 1 aromatic rings. The Labute approximate surface area is 81.3 Å². The molecule has 0 saturated heterocycles. The van der Waals surface area contributed by atoms with Crippen LogP contribution in [0.4, 0.5) is 5.69 Å². The zero-order valence-corrected chi connectivity index (χ0v) is 7.80. The van der Waals surface area contributed by atoms with Crippen molar-refractivity contribution in [2.45, 2.75) is 19.4 Å². The minimum Gasteiger partial charge on any atom is -0.502 e. The van der Waals surface area contributed by atoms with Crippen molar-refractivity contribution in [1.29, 1.82) is 0 Å². The molecule has 76 valence electrons. The van der Waals surface area contributed by atoms with E-state index < -0.39 is 11.0 Å². The number of benzene rings is 1. The monoisotopic (exact) mass is 196 g/mol. The molecule has 0 aliphatic heterocycles. The molecule has 3 N–H and O–H groups in total. The predicted octanol–water partition coefficient (Wildman–Crippen LogP) is 1.71. The molecule has 1 atom stereocenters. The van der Waals surface area contributed by atoms with Gasteiger partial charge in [-0.3, -0.25) is 10.1 Å². The van der Waals surface area contributed by atoms with Crippen LogP contribution in [0.3, 0.4) is 0 Å². The van der Waals surface area contributed by atoms with Gasteiger partial charge in [0.2, 0.25) is 0 Å². The van der Waals surface area contributed by atoms with Crippen LogP contribution in [0.25, 0.3) is 0 Å². The van der Waals surface area contributed by atoms with E-state index in [1.54, 1.807) is 12.1 Å². The molecule has 14 heavy (non-hydrogen) atoms. The Balaban J connectivity index is 3.28. The summed E-state index contributed by atoms with van der Waals surface area (Å²) in [5.41, 5.74) is 5.77. The number of hydrogen-bond donors (Lipinski definition) is 2. The van der Waals surface area contributed by atoms with E-state index in [9.17, 15) is 15.2 Å². The van der Waals surface area contributed by atoms with Crippen LogP contribution in [0.5, 0.6) is 5.75 Å². The molecule has 0 aliphatic carbocycles. The molecule has 0 heterocycles. The van der Waals surface area contributed by atoms with Crippen molar-refractivity contribution in [3.8, 4) is 5.75 Å². The van der Waals surface area contributed by atoms with Gasteiger partial charge in [-0.2, -0.15) is 0 Å². The number of rotatable bonds is 3. The van der Waals surface area contributed by atoms with Gasteiger partial charge in [0.25, 0.3) is 0 Å². The van der Waals surface area contributed by atoms with Gasteiger partial charge in [-0.05, 0) is 12.5 Å². The number of para-hydroxylation sites is 1. The van der Waals surface area contributed by atoms with Crippen LogP contribution in [0.1, 0.15) is 24.9 Å². The van der Waals surface area contributed by atoms with Gasteiger partial charge in [0, 0.05) is 6.04 Å². The van der Waals surface area contributed by atoms with Crippen LogP contribution < -0.4 is 5.73 Å². The number of nitro benzene ring substituents is 1. The molecule has 0 radical (unpaired) electrons. The fourth-order valence-electron chi connectivity index (χ4n) is 1.27. The molecule has 1 aromatic carbocycles. The van der Waals surface area contributed by atoms with E-state index in [0.29, 0.717) is 12.0 Å². The fourth-order valence-corrected chi connectivity index (χ4v) is 1.27. The lowest BCUT2D eigenvalue weighted by Gasteiger charge is -2.09. The van der Waals surface area contributed by atoms with Gasteiger partial charge >= 0.3 is 5.69 Å². The molecule has 0 unspecified atom stereocenters. The van der Waals surface area contributed by atoms with E-state index in [4.69, 9.17) is 5.73 Å². The van der Waals surface area contributed by atoms with Gasteiger partial charge in [-0.15, -0.1) is 0 Å². The van der Waals surface area contributed by atoms with Crippen molar-refractivity contribution in [3.05, 3.63) is 33.9 Å². The molecule has 0 fully saturated rings. The molecule has 5 heteroatoms. The summed E-state index contributed by atoms with van der Waals surface area (Å²) in [5.74, 6) is -0.337. The highest BCUT2D eigenvalue weighted by atomic mass is 16.6. The van der Waals surface area contributed by atoms with E-state index >= 15 is 0 Å².